The van der Waals surface area contributed by atoms with Crippen LogP contribution in [0.3, 0.4) is 0 Å². The third-order valence-corrected chi connectivity index (χ3v) is 10.8. The Hall–Kier alpha value is -4.04. The number of imidazole rings is 1. The molecule has 288 valence electrons. The average molecular weight is 740 g/mol. The highest BCUT2D eigenvalue weighted by Gasteiger charge is 2.46. The van der Waals surface area contributed by atoms with Crippen LogP contribution in [0.25, 0.3) is 11.0 Å². The highest BCUT2D eigenvalue weighted by atomic mass is 19.4. The van der Waals surface area contributed by atoms with Gasteiger partial charge < -0.3 is 38.4 Å². The molecule has 0 amide bonds. The average Bonchev–Trinajstić information content (AvgIpc) is 3.55. The smallest absolute Gasteiger partial charge is 0.416 e. The molecule has 2 aliphatic rings. The number of aliphatic hydroxyl groups excluding tert-OH is 1. The molecule has 4 aromatic rings. The molecule has 0 spiro atoms. The topological polar surface area (TPSA) is 84.7 Å². The summed E-state index contributed by atoms with van der Waals surface area (Å²) in [5.41, 5.74) is 2.49. The number of anilines is 1. The Morgan fingerprint density at radius 3 is 2.28 bits per heavy atom. The summed E-state index contributed by atoms with van der Waals surface area (Å²) < 4.78 is 64.9. The summed E-state index contributed by atoms with van der Waals surface area (Å²) in [7, 11) is 4.70. The number of benzene rings is 3. The van der Waals surface area contributed by atoms with Gasteiger partial charge in [0.05, 0.1) is 44.5 Å². The molecule has 6 rings (SSSR count). The normalized spacial score (nSPS) is 20.2. The van der Waals surface area contributed by atoms with Crippen LogP contribution in [-0.4, -0.2) is 104 Å². The zero-order valence-electron chi connectivity index (χ0n) is 31.2. The molecule has 10 nitrogen and oxygen atoms in total. The van der Waals surface area contributed by atoms with Crippen LogP contribution in [0.1, 0.15) is 42.9 Å². The molecule has 3 heterocycles. The van der Waals surface area contributed by atoms with Crippen molar-refractivity contribution < 1.29 is 37.2 Å². The first-order valence-corrected chi connectivity index (χ1v) is 18.5. The van der Waals surface area contributed by atoms with Crippen LogP contribution in [0.5, 0.6) is 17.2 Å². The number of nitrogens with zero attached hydrogens (tertiary/aromatic N) is 5. The molecular weight excluding hydrogens is 687 g/mol. The molecule has 1 aromatic heterocycles. The van der Waals surface area contributed by atoms with Crippen molar-refractivity contribution >= 4 is 17.0 Å². The quantitative estimate of drug-likeness (QED) is 0.138. The second-order valence-electron chi connectivity index (χ2n) is 14.0. The predicted octanol–water partition coefficient (Wildman–Crippen LogP) is 6.47. The maximum absolute atomic E-state index is 13.4. The summed E-state index contributed by atoms with van der Waals surface area (Å²) in [5.74, 6) is 2.52. The number of halogens is 3. The Morgan fingerprint density at radius 2 is 1.60 bits per heavy atom. The first-order valence-electron chi connectivity index (χ1n) is 18.5. The highest BCUT2D eigenvalue weighted by molar-refractivity contribution is 5.78. The van der Waals surface area contributed by atoms with Crippen molar-refractivity contribution in [2.24, 2.45) is 5.41 Å². The predicted molar refractivity (Wildman–Crippen MR) is 199 cm³/mol. The fourth-order valence-corrected chi connectivity index (χ4v) is 7.97. The van der Waals surface area contributed by atoms with Crippen molar-refractivity contribution in [3.05, 3.63) is 77.4 Å². The van der Waals surface area contributed by atoms with E-state index < -0.39 is 23.4 Å². The van der Waals surface area contributed by atoms with E-state index in [1.807, 2.05) is 42.2 Å². The lowest BCUT2D eigenvalue weighted by Crippen LogP contribution is -2.43. The third kappa shape index (κ3) is 8.69. The van der Waals surface area contributed by atoms with Gasteiger partial charge in [-0.05, 0) is 93.2 Å². The second kappa shape index (κ2) is 17.0. The van der Waals surface area contributed by atoms with Crippen LogP contribution in [0, 0.1) is 5.41 Å². The highest BCUT2D eigenvalue weighted by Crippen LogP contribution is 2.45. The number of likely N-dealkylation sites (tertiary alicyclic amines) is 1. The summed E-state index contributed by atoms with van der Waals surface area (Å²) in [6, 6.07) is 17.4. The van der Waals surface area contributed by atoms with E-state index in [-0.39, 0.29) is 0 Å². The van der Waals surface area contributed by atoms with Crippen molar-refractivity contribution in [1.82, 2.24) is 19.4 Å². The lowest BCUT2D eigenvalue weighted by atomic mass is 9.76. The molecule has 2 aliphatic heterocycles. The van der Waals surface area contributed by atoms with Gasteiger partial charge in [0.1, 0.15) is 6.23 Å². The van der Waals surface area contributed by atoms with Gasteiger partial charge in [0.25, 0.3) is 0 Å². The van der Waals surface area contributed by atoms with E-state index in [0.717, 1.165) is 85.9 Å². The Kier molecular flexibility index (Phi) is 12.4. The molecular formula is C40H52F3N5O5. The SMILES string of the molecule is CCOCCn1c(N2CCCN(CCC3(Cc4ccc(C(F)(F)F)cc4)CCN(Cc4cc(OC)c(OC)c(OC)c4)C3O)CC2)nc2ccccc21. The van der Waals surface area contributed by atoms with Crippen LogP contribution >= 0.6 is 0 Å². The van der Waals surface area contributed by atoms with Crippen molar-refractivity contribution in [1.29, 1.82) is 0 Å². The van der Waals surface area contributed by atoms with Gasteiger partial charge in [-0.15, -0.1) is 0 Å². The van der Waals surface area contributed by atoms with Gasteiger partial charge in [0, 0.05) is 51.3 Å². The Morgan fingerprint density at radius 1 is 0.868 bits per heavy atom. The monoisotopic (exact) mass is 739 g/mol. The maximum Gasteiger partial charge on any atom is 0.416 e. The molecule has 0 saturated carbocycles. The summed E-state index contributed by atoms with van der Waals surface area (Å²) in [6.45, 7) is 9.23. The molecule has 1 N–H and O–H groups in total. The minimum Gasteiger partial charge on any atom is -0.493 e. The van der Waals surface area contributed by atoms with Crippen molar-refractivity contribution in [3.63, 3.8) is 0 Å². The van der Waals surface area contributed by atoms with Gasteiger partial charge in [-0.1, -0.05) is 24.3 Å². The largest absolute Gasteiger partial charge is 0.493 e. The number of aromatic nitrogens is 2. The first-order chi connectivity index (χ1) is 25.6. The van der Waals surface area contributed by atoms with E-state index in [4.69, 9.17) is 23.9 Å². The van der Waals surface area contributed by atoms with Crippen LogP contribution < -0.4 is 19.1 Å². The third-order valence-electron chi connectivity index (χ3n) is 10.8. The van der Waals surface area contributed by atoms with Gasteiger partial charge in [0.15, 0.2) is 11.5 Å². The summed E-state index contributed by atoms with van der Waals surface area (Å²) in [5, 5.41) is 12.1. The van der Waals surface area contributed by atoms with Gasteiger partial charge >= 0.3 is 6.18 Å². The first kappa shape index (κ1) is 38.7. The molecule has 3 aromatic carbocycles. The number of hydrogen-bond donors (Lipinski definition) is 1. The molecule has 0 radical (unpaired) electrons. The number of hydrogen-bond acceptors (Lipinski definition) is 9. The Bertz CT molecular complexity index is 1780. The minimum atomic E-state index is -4.41. The summed E-state index contributed by atoms with van der Waals surface area (Å²) in [6.07, 6.45) is -2.43. The number of ether oxygens (including phenoxy) is 4. The van der Waals surface area contributed by atoms with E-state index in [0.29, 0.717) is 62.8 Å². The molecule has 2 fully saturated rings. The van der Waals surface area contributed by atoms with E-state index >= 15 is 0 Å². The van der Waals surface area contributed by atoms with Crippen molar-refractivity contribution in [3.8, 4) is 17.2 Å². The molecule has 2 saturated heterocycles. The van der Waals surface area contributed by atoms with E-state index in [2.05, 4.69) is 20.4 Å². The number of alkyl halides is 3. The maximum atomic E-state index is 13.4. The van der Waals surface area contributed by atoms with Gasteiger partial charge in [-0.3, -0.25) is 4.90 Å². The molecule has 2 unspecified atom stereocenters. The van der Waals surface area contributed by atoms with Crippen LogP contribution in [0.2, 0.25) is 0 Å². The van der Waals surface area contributed by atoms with Gasteiger partial charge in [-0.25, -0.2) is 4.98 Å². The van der Waals surface area contributed by atoms with E-state index in [9.17, 15) is 18.3 Å². The molecule has 0 bridgehead atoms. The molecule has 53 heavy (non-hydrogen) atoms. The van der Waals surface area contributed by atoms with Crippen molar-refractivity contribution in [2.45, 2.75) is 58.1 Å². The zero-order valence-corrected chi connectivity index (χ0v) is 31.2. The van der Waals surface area contributed by atoms with Crippen LogP contribution in [-0.2, 0) is 30.4 Å². The standard InChI is InChI=1S/C40H52F3N5O5/c1-5-53-24-23-48-33-10-7-6-9-32(33)44-38(48)46-18-8-17-45(21-22-46)19-15-39(27-29-11-13-31(14-12-29)40(41,42)43)16-20-47(37(39)49)28-30-25-34(50-2)36(52-4)35(26-30)51-3/h6-7,9-14,25-26,37,49H,5,8,15-24,27-28H2,1-4H3. The summed E-state index contributed by atoms with van der Waals surface area (Å²) >= 11 is 0. The number of rotatable bonds is 15. The van der Waals surface area contributed by atoms with Crippen LogP contribution in [0.4, 0.5) is 19.1 Å². The minimum absolute atomic E-state index is 0.440. The van der Waals surface area contributed by atoms with Gasteiger partial charge in [0.2, 0.25) is 11.7 Å². The lowest BCUT2D eigenvalue weighted by molar-refractivity contribution is -0.137. The lowest BCUT2D eigenvalue weighted by Gasteiger charge is -2.37. The van der Waals surface area contributed by atoms with Crippen molar-refractivity contribution in [2.75, 3.05) is 78.7 Å². The Labute approximate surface area is 310 Å². The van der Waals surface area contributed by atoms with Gasteiger partial charge in [-0.2, -0.15) is 13.2 Å². The second-order valence-corrected chi connectivity index (χ2v) is 14.0. The zero-order chi connectivity index (χ0) is 37.6. The molecule has 0 aliphatic carbocycles. The summed E-state index contributed by atoms with van der Waals surface area (Å²) in [4.78, 5) is 11.9. The molecule has 13 heteroatoms. The fraction of sp³-hybridized carbons (Fsp3) is 0.525. The van der Waals surface area contributed by atoms with E-state index in [1.165, 1.54) is 0 Å². The Balaban J connectivity index is 1.19. The van der Waals surface area contributed by atoms with Crippen LogP contribution in [0.15, 0.2) is 60.7 Å². The number of methoxy groups -OCH3 is 3. The fourth-order valence-electron chi connectivity index (χ4n) is 7.97. The van der Waals surface area contributed by atoms with E-state index in [1.54, 1.807) is 33.5 Å². The number of para-hydroxylation sites is 2. The molecule has 2 atom stereocenters. The number of fused-ring (bicyclic) bond motifs is 1. The number of aliphatic hydroxyl groups is 1.